The highest BCUT2D eigenvalue weighted by molar-refractivity contribution is 8.00. The molecule has 1 fully saturated rings. The van der Waals surface area contributed by atoms with Crippen LogP contribution in [0.3, 0.4) is 0 Å². The highest BCUT2D eigenvalue weighted by atomic mass is 32.2. The SMILES string of the molecule is CCn1c(SC(C)C(=O)Nc2ccc(N3CCOCC3)cc2)nnc1-c1ccncc1. The number of carbonyl (C=O) groups excluding carboxylic acids is 1. The van der Waals surface area contributed by atoms with E-state index in [0.717, 1.165) is 54.2 Å². The molecule has 3 heterocycles. The van der Waals surface area contributed by atoms with Crippen LogP contribution < -0.4 is 10.2 Å². The Morgan fingerprint density at radius 1 is 1.13 bits per heavy atom. The summed E-state index contributed by atoms with van der Waals surface area (Å²) in [5.41, 5.74) is 2.88. The summed E-state index contributed by atoms with van der Waals surface area (Å²) in [5.74, 6) is 0.707. The Hall–Kier alpha value is -2.91. The highest BCUT2D eigenvalue weighted by Crippen LogP contribution is 2.27. The van der Waals surface area contributed by atoms with Gasteiger partial charge in [-0.25, -0.2) is 0 Å². The Balaban J connectivity index is 1.39. The highest BCUT2D eigenvalue weighted by Gasteiger charge is 2.20. The van der Waals surface area contributed by atoms with Crippen molar-refractivity contribution < 1.29 is 9.53 Å². The topological polar surface area (TPSA) is 85.2 Å². The maximum atomic E-state index is 12.8. The van der Waals surface area contributed by atoms with Crippen LogP contribution in [0.4, 0.5) is 11.4 Å². The smallest absolute Gasteiger partial charge is 0.237 e. The number of morpholine rings is 1. The monoisotopic (exact) mass is 438 g/mol. The van der Waals surface area contributed by atoms with Gasteiger partial charge in [0.05, 0.1) is 18.5 Å². The summed E-state index contributed by atoms with van der Waals surface area (Å²) in [7, 11) is 0. The van der Waals surface area contributed by atoms with Gasteiger partial charge in [0.1, 0.15) is 0 Å². The molecule has 1 aliphatic rings. The molecule has 1 aromatic carbocycles. The molecule has 31 heavy (non-hydrogen) atoms. The number of nitrogens with one attached hydrogen (secondary N) is 1. The number of anilines is 2. The van der Waals surface area contributed by atoms with E-state index in [2.05, 4.69) is 25.4 Å². The van der Waals surface area contributed by atoms with E-state index >= 15 is 0 Å². The summed E-state index contributed by atoms with van der Waals surface area (Å²) >= 11 is 1.40. The first-order valence-electron chi connectivity index (χ1n) is 10.4. The van der Waals surface area contributed by atoms with Gasteiger partial charge in [0.2, 0.25) is 5.91 Å². The van der Waals surface area contributed by atoms with Crippen LogP contribution in [0.1, 0.15) is 13.8 Å². The molecule has 1 aliphatic heterocycles. The van der Waals surface area contributed by atoms with Crippen LogP contribution in [0.25, 0.3) is 11.4 Å². The lowest BCUT2D eigenvalue weighted by molar-refractivity contribution is -0.115. The number of pyridine rings is 1. The molecule has 1 N–H and O–H groups in total. The van der Waals surface area contributed by atoms with Crippen molar-refractivity contribution in [1.29, 1.82) is 0 Å². The fourth-order valence-corrected chi connectivity index (χ4v) is 4.32. The quantitative estimate of drug-likeness (QED) is 0.567. The number of ether oxygens (including phenoxy) is 1. The molecule has 2 aromatic heterocycles. The van der Waals surface area contributed by atoms with Gasteiger partial charge in [-0.05, 0) is 50.2 Å². The maximum Gasteiger partial charge on any atom is 0.237 e. The van der Waals surface area contributed by atoms with E-state index in [1.54, 1.807) is 12.4 Å². The van der Waals surface area contributed by atoms with Crippen LogP contribution in [0, 0.1) is 0 Å². The maximum absolute atomic E-state index is 12.8. The third-order valence-electron chi connectivity index (χ3n) is 5.13. The van der Waals surface area contributed by atoms with Crippen molar-refractivity contribution >= 4 is 29.0 Å². The van der Waals surface area contributed by atoms with Crippen LogP contribution in [0.15, 0.2) is 53.9 Å². The van der Waals surface area contributed by atoms with Gasteiger partial charge in [0, 0.05) is 49.0 Å². The molecular weight excluding hydrogens is 412 g/mol. The van der Waals surface area contributed by atoms with Crippen molar-refractivity contribution in [3.05, 3.63) is 48.8 Å². The van der Waals surface area contributed by atoms with Crippen molar-refractivity contribution in [1.82, 2.24) is 19.7 Å². The van der Waals surface area contributed by atoms with Crippen LogP contribution in [0.2, 0.25) is 0 Å². The first kappa shape index (κ1) is 21.3. The van der Waals surface area contributed by atoms with Gasteiger partial charge in [-0.1, -0.05) is 11.8 Å². The molecule has 9 heteroatoms. The fraction of sp³-hybridized carbons (Fsp3) is 0.364. The van der Waals surface area contributed by atoms with Gasteiger partial charge >= 0.3 is 0 Å². The largest absolute Gasteiger partial charge is 0.378 e. The minimum Gasteiger partial charge on any atom is -0.378 e. The van der Waals surface area contributed by atoms with Gasteiger partial charge in [-0.2, -0.15) is 0 Å². The Morgan fingerprint density at radius 2 is 1.84 bits per heavy atom. The van der Waals surface area contributed by atoms with Crippen molar-refractivity contribution in [2.45, 2.75) is 30.8 Å². The molecular formula is C22H26N6O2S. The van der Waals surface area contributed by atoms with Crippen LogP contribution in [0.5, 0.6) is 0 Å². The van der Waals surface area contributed by atoms with Crippen molar-refractivity contribution in [3.8, 4) is 11.4 Å². The Morgan fingerprint density at radius 3 is 2.52 bits per heavy atom. The third kappa shape index (κ3) is 5.05. The van der Waals surface area contributed by atoms with Crippen molar-refractivity contribution in [2.75, 3.05) is 36.5 Å². The Bertz CT molecular complexity index is 1000. The number of nitrogens with zero attached hydrogens (tertiary/aromatic N) is 5. The summed E-state index contributed by atoms with van der Waals surface area (Å²) < 4.78 is 7.42. The molecule has 8 nitrogen and oxygen atoms in total. The Labute approximate surface area is 186 Å². The summed E-state index contributed by atoms with van der Waals surface area (Å²) in [6.45, 7) is 7.90. The predicted molar refractivity (Wildman–Crippen MR) is 122 cm³/mol. The van der Waals surface area contributed by atoms with Gasteiger partial charge in [-0.15, -0.1) is 10.2 Å². The second-order valence-corrected chi connectivity index (χ2v) is 8.49. The first-order valence-corrected chi connectivity index (χ1v) is 11.3. The molecule has 1 saturated heterocycles. The molecule has 162 valence electrons. The zero-order valence-corrected chi connectivity index (χ0v) is 18.5. The number of thioether (sulfide) groups is 1. The molecule has 1 unspecified atom stereocenters. The van der Waals surface area contributed by atoms with Gasteiger partial charge in [-0.3, -0.25) is 9.78 Å². The zero-order valence-electron chi connectivity index (χ0n) is 17.7. The van der Waals surface area contributed by atoms with Gasteiger partial charge in [0.15, 0.2) is 11.0 Å². The summed E-state index contributed by atoms with van der Waals surface area (Å²) in [6, 6.07) is 11.8. The predicted octanol–water partition coefficient (Wildman–Crippen LogP) is 3.32. The fourth-order valence-electron chi connectivity index (χ4n) is 3.41. The summed E-state index contributed by atoms with van der Waals surface area (Å²) in [6.07, 6.45) is 3.47. The molecule has 3 aromatic rings. The number of carbonyl (C=O) groups is 1. The third-order valence-corrected chi connectivity index (χ3v) is 6.21. The molecule has 0 aliphatic carbocycles. The second-order valence-electron chi connectivity index (χ2n) is 7.18. The molecule has 1 atom stereocenters. The molecule has 4 rings (SSSR count). The van der Waals surface area contributed by atoms with E-state index in [0.29, 0.717) is 6.54 Å². The van der Waals surface area contributed by atoms with Gasteiger partial charge < -0.3 is 19.5 Å². The second kappa shape index (κ2) is 9.93. The number of amides is 1. The van der Waals surface area contributed by atoms with Crippen molar-refractivity contribution in [3.63, 3.8) is 0 Å². The lowest BCUT2D eigenvalue weighted by Crippen LogP contribution is -2.36. The minimum absolute atomic E-state index is 0.0692. The molecule has 1 amide bonds. The standard InChI is InChI=1S/C22H26N6O2S/c1-3-28-20(17-8-10-23-11-9-17)25-26-22(28)31-16(2)21(29)24-18-4-6-19(7-5-18)27-12-14-30-15-13-27/h4-11,16H,3,12-15H2,1-2H3,(H,24,29). The first-order chi connectivity index (χ1) is 15.2. The molecule has 0 radical (unpaired) electrons. The normalized spacial score (nSPS) is 15.0. The van der Waals surface area contributed by atoms with Crippen LogP contribution in [-0.4, -0.2) is 57.2 Å². The summed E-state index contributed by atoms with van der Waals surface area (Å²) in [4.78, 5) is 19.1. The number of hydrogen-bond donors (Lipinski definition) is 1. The van der Waals surface area contributed by atoms with Crippen molar-refractivity contribution in [2.24, 2.45) is 0 Å². The number of rotatable bonds is 7. The van der Waals surface area contributed by atoms with E-state index in [4.69, 9.17) is 4.74 Å². The van der Waals surface area contributed by atoms with E-state index < -0.39 is 0 Å². The van der Waals surface area contributed by atoms with Crippen LogP contribution >= 0.6 is 11.8 Å². The lowest BCUT2D eigenvalue weighted by Gasteiger charge is -2.28. The van der Waals surface area contributed by atoms with E-state index in [9.17, 15) is 4.79 Å². The molecule has 0 saturated carbocycles. The Kier molecular flexibility index (Phi) is 6.83. The number of hydrogen-bond acceptors (Lipinski definition) is 7. The average molecular weight is 439 g/mol. The van der Waals surface area contributed by atoms with Gasteiger partial charge in [0.25, 0.3) is 0 Å². The zero-order chi connectivity index (χ0) is 21.6. The summed E-state index contributed by atoms with van der Waals surface area (Å²) in [5, 5.41) is 12.0. The minimum atomic E-state index is -0.321. The van der Waals surface area contributed by atoms with E-state index in [-0.39, 0.29) is 11.2 Å². The number of aromatic nitrogens is 4. The van der Waals surface area contributed by atoms with E-state index in [1.807, 2.05) is 54.8 Å². The van der Waals surface area contributed by atoms with E-state index in [1.165, 1.54) is 11.8 Å². The van der Waals surface area contributed by atoms with Crippen LogP contribution in [-0.2, 0) is 16.1 Å². The average Bonchev–Trinajstić information content (AvgIpc) is 3.23. The molecule has 0 bridgehead atoms. The number of benzene rings is 1. The molecule has 0 spiro atoms. The lowest BCUT2D eigenvalue weighted by atomic mass is 10.2.